The fraction of sp³-hybridized carbons (Fsp3) is 0.417. The van der Waals surface area contributed by atoms with Gasteiger partial charge in [0.1, 0.15) is 17.0 Å². The standard InChI is InChI=1S/C12H15BrN2O4/c1-12(2,3)19-11(16)14-9-6-8(15-17)7(13)5-10(9)18-4/h5-6H,1-4H3,(H,14,16). The molecule has 0 unspecified atom stereocenters. The summed E-state index contributed by atoms with van der Waals surface area (Å²) in [5, 5.41) is 5.36. The number of hydrogen-bond acceptors (Lipinski definition) is 5. The first-order valence-corrected chi connectivity index (χ1v) is 6.27. The van der Waals surface area contributed by atoms with E-state index in [0.717, 1.165) is 0 Å². The number of rotatable bonds is 3. The molecule has 1 N–H and O–H groups in total. The molecule has 1 rings (SSSR count). The number of benzene rings is 1. The van der Waals surface area contributed by atoms with E-state index < -0.39 is 11.7 Å². The van der Waals surface area contributed by atoms with Crippen molar-refractivity contribution in [3.8, 4) is 5.75 Å². The minimum absolute atomic E-state index is 0.159. The van der Waals surface area contributed by atoms with Crippen molar-refractivity contribution in [1.29, 1.82) is 0 Å². The average Bonchev–Trinajstić information content (AvgIpc) is 2.28. The minimum Gasteiger partial charge on any atom is -0.495 e. The zero-order chi connectivity index (χ0) is 14.6. The average molecular weight is 331 g/mol. The molecule has 0 aliphatic carbocycles. The lowest BCUT2D eigenvalue weighted by Gasteiger charge is -2.20. The van der Waals surface area contributed by atoms with Gasteiger partial charge in [-0.25, -0.2) is 4.79 Å². The van der Waals surface area contributed by atoms with E-state index in [9.17, 15) is 9.70 Å². The summed E-state index contributed by atoms with van der Waals surface area (Å²) < 4.78 is 10.7. The van der Waals surface area contributed by atoms with Gasteiger partial charge >= 0.3 is 6.09 Å². The smallest absolute Gasteiger partial charge is 0.412 e. The summed E-state index contributed by atoms with van der Waals surface area (Å²) in [6.07, 6.45) is -0.634. The molecule has 0 heterocycles. The summed E-state index contributed by atoms with van der Waals surface area (Å²) in [5.74, 6) is 0.394. The lowest BCUT2D eigenvalue weighted by atomic mass is 10.2. The van der Waals surface area contributed by atoms with Gasteiger partial charge < -0.3 is 9.47 Å². The highest BCUT2D eigenvalue weighted by Gasteiger charge is 2.18. The van der Waals surface area contributed by atoms with E-state index in [0.29, 0.717) is 15.9 Å². The molecule has 1 aromatic rings. The van der Waals surface area contributed by atoms with Crippen LogP contribution in [0.15, 0.2) is 21.8 Å². The Labute approximate surface area is 119 Å². The molecule has 19 heavy (non-hydrogen) atoms. The summed E-state index contributed by atoms with van der Waals surface area (Å²) >= 11 is 3.18. The molecular weight excluding hydrogens is 316 g/mol. The summed E-state index contributed by atoms with van der Waals surface area (Å²) in [5.41, 5.74) is -0.139. The Morgan fingerprint density at radius 1 is 1.37 bits per heavy atom. The minimum atomic E-state index is -0.634. The number of amides is 1. The first-order chi connectivity index (χ1) is 8.76. The maximum Gasteiger partial charge on any atom is 0.412 e. The van der Waals surface area contributed by atoms with E-state index in [1.807, 2.05) is 0 Å². The Balaban J connectivity index is 2.99. The van der Waals surface area contributed by atoms with Gasteiger partial charge in [0.2, 0.25) is 0 Å². The lowest BCUT2D eigenvalue weighted by molar-refractivity contribution is 0.0635. The zero-order valence-corrected chi connectivity index (χ0v) is 12.7. The topological polar surface area (TPSA) is 77.0 Å². The fourth-order valence-electron chi connectivity index (χ4n) is 1.29. The lowest BCUT2D eigenvalue weighted by Crippen LogP contribution is -2.27. The molecule has 1 amide bonds. The molecule has 6 nitrogen and oxygen atoms in total. The largest absolute Gasteiger partial charge is 0.495 e. The summed E-state index contributed by atoms with van der Waals surface area (Å²) in [7, 11) is 1.45. The molecule has 0 aromatic heterocycles. The number of halogens is 1. The number of anilines is 1. The van der Waals surface area contributed by atoms with Crippen LogP contribution < -0.4 is 10.1 Å². The van der Waals surface area contributed by atoms with Crippen molar-refractivity contribution in [2.45, 2.75) is 26.4 Å². The molecule has 104 valence electrons. The Bertz CT molecular complexity index is 497. The Kier molecular flexibility index (Phi) is 4.88. The van der Waals surface area contributed by atoms with Gasteiger partial charge in [0, 0.05) is 0 Å². The number of carbonyl (C=O) groups excluding carboxylic acids is 1. The summed E-state index contributed by atoms with van der Waals surface area (Å²) in [6.45, 7) is 5.26. The van der Waals surface area contributed by atoms with Crippen LogP contribution in [0.5, 0.6) is 5.75 Å². The molecule has 0 bridgehead atoms. The number of ether oxygens (including phenoxy) is 2. The number of carbonyl (C=O) groups is 1. The van der Waals surface area contributed by atoms with Crippen LogP contribution in [-0.2, 0) is 4.74 Å². The van der Waals surface area contributed by atoms with Crippen molar-refractivity contribution in [3.05, 3.63) is 21.5 Å². The van der Waals surface area contributed by atoms with Gasteiger partial charge in [-0.05, 0) is 54.0 Å². The second kappa shape index (κ2) is 6.01. The van der Waals surface area contributed by atoms with Crippen LogP contribution in [0.2, 0.25) is 0 Å². The van der Waals surface area contributed by atoms with Crippen LogP contribution in [0.4, 0.5) is 16.2 Å². The van der Waals surface area contributed by atoms with Crippen LogP contribution >= 0.6 is 15.9 Å². The first-order valence-electron chi connectivity index (χ1n) is 5.47. The predicted molar refractivity (Wildman–Crippen MR) is 76.0 cm³/mol. The third-order valence-corrected chi connectivity index (χ3v) is 2.64. The van der Waals surface area contributed by atoms with E-state index in [4.69, 9.17) is 9.47 Å². The summed E-state index contributed by atoms with van der Waals surface area (Å²) in [4.78, 5) is 22.3. The van der Waals surface area contributed by atoms with E-state index in [-0.39, 0.29) is 5.69 Å². The van der Waals surface area contributed by atoms with Gasteiger partial charge in [0.25, 0.3) is 0 Å². The second-order valence-electron chi connectivity index (χ2n) is 4.72. The maximum absolute atomic E-state index is 11.7. The molecule has 0 aliphatic rings. The third kappa shape index (κ3) is 4.51. The zero-order valence-electron chi connectivity index (χ0n) is 11.1. The molecule has 1 aromatic carbocycles. The number of methoxy groups -OCH3 is 1. The SMILES string of the molecule is COc1cc(Br)c(N=O)cc1NC(=O)OC(C)(C)C. The van der Waals surface area contributed by atoms with Crippen molar-refractivity contribution in [3.63, 3.8) is 0 Å². The maximum atomic E-state index is 11.7. The van der Waals surface area contributed by atoms with Gasteiger partial charge in [0.05, 0.1) is 17.3 Å². The van der Waals surface area contributed by atoms with Gasteiger partial charge in [0.15, 0.2) is 0 Å². The van der Waals surface area contributed by atoms with Gasteiger partial charge in [-0.2, -0.15) is 0 Å². The van der Waals surface area contributed by atoms with Crippen LogP contribution in [0.3, 0.4) is 0 Å². The summed E-state index contributed by atoms with van der Waals surface area (Å²) in [6, 6.07) is 2.95. The van der Waals surface area contributed by atoms with Crippen LogP contribution in [0.25, 0.3) is 0 Å². The highest BCUT2D eigenvalue weighted by molar-refractivity contribution is 9.10. The normalized spacial score (nSPS) is 10.8. The fourth-order valence-corrected chi connectivity index (χ4v) is 1.69. The van der Waals surface area contributed by atoms with E-state index in [1.54, 1.807) is 26.8 Å². The quantitative estimate of drug-likeness (QED) is 0.842. The van der Waals surface area contributed by atoms with E-state index >= 15 is 0 Å². The molecule has 0 aliphatic heterocycles. The molecule has 0 atom stereocenters. The Hall–Kier alpha value is -1.63. The number of nitroso groups, excluding NO2 is 1. The van der Waals surface area contributed by atoms with Crippen molar-refractivity contribution in [2.75, 3.05) is 12.4 Å². The van der Waals surface area contributed by atoms with Crippen molar-refractivity contribution < 1.29 is 14.3 Å². The highest BCUT2D eigenvalue weighted by atomic mass is 79.9. The first kappa shape index (κ1) is 15.4. The van der Waals surface area contributed by atoms with Gasteiger partial charge in [-0.3, -0.25) is 5.32 Å². The Morgan fingerprint density at radius 2 is 2.00 bits per heavy atom. The molecule has 0 saturated heterocycles. The van der Waals surface area contributed by atoms with Gasteiger partial charge in [-0.15, -0.1) is 4.91 Å². The molecule has 0 radical (unpaired) electrons. The van der Waals surface area contributed by atoms with Crippen LogP contribution in [0.1, 0.15) is 20.8 Å². The van der Waals surface area contributed by atoms with Crippen molar-refractivity contribution >= 4 is 33.4 Å². The molecule has 0 fully saturated rings. The monoisotopic (exact) mass is 330 g/mol. The van der Waals surface area contributed by atoms with E-state index in [1.165, 1.54) is 13.2 Å². The number of nitrogens with zero attached hydrogens (tertiary/aromatic N) is 1. The third-order valence-electron chi connectivity index (χ3n) is 2.00. The molecular formula is C12H15BrN2O4. The highest BCUT2D eigenvalue weighted by Crippen LogP contribution is 2.36. The Morgan fingerprint density at radius 3 is 2.47 bits per heavy atom. The van der Waals surface area contributed by atoms with Crippen LogP contribution in [0, 0.1) is 4.91 Å². The van der Waals surface area contributed by atoms with Gasteiger partial charge in [-0.1, -0.05) is 0 Å². The molecule has 7 heteroatoms. The predicted octanol–water partition coefficient (Wildman–Crippen LogP) is 4.20. The molecule has 0 saturated carbocycles. The second-order valence-corrected chi connectivity index (χ2v) is 5.58. The number of nitrogens with one attached hydrogen (secondary N) is 1. The number of hydrogen-bond donors (Lipinski definition) is 1. The molecule has 0 spiro atoms. The van der Waals surface area contributed by atoms with Crippen molar-refractivity contribution in [1.82, 2.24) is 0 Å². The van der Waals surface area contributed by atoms with Crippen LogP contribution in [-0.4, -0.2) is 18.8 Å². The van der Waals surface area contributed by atoms with E-state index in [2.05, 4.69) is 26.4 Å². The van der Waals surface area contributed by atoms with Crippen molar-refractivity contribution in [2.24, 2.45) is 5.18 Å².